The van der Waals surface area contributed by atoms with Crippen LogP contribution in [0.5, 0.6) is 0 Å². The second-order valence-corrected chi connectivity index (χ2v) is 6.99. The number of carboxylic acid groups (broad SMARTS) is 1. The van der Waals surface area contributed by atoms with E-state index in [9.17, 15) is 9.59 Å². The number of carbonyl (C=O) groups excluding carboxylic acids is 1. The number of rotatable bonds is 3. The van der Waals surface area contributed by atoms with Crippen LogP contribution >= 0.6 is 0 Å². The van der Waals surface area contributed by atoms with Crippen LogP contribution in [0.2, 0.25) is 0 Å². The van der Waals surface area contributed by atoms with Crippen molar-refractivity contribution in [3.05, 3.63) is 0 Å². The lowest BCUT2D eigenvalue weighted by Crippen LogP contribution is -2.63. The molecular weight excluding hydrogens is 230 g/mol. The third kappa shape index (κ3) is 1.91. The number of hydrogen-bond donors (Lipinski definition) is 2. The molecule has 0 aromatic carbocycles. The van der Waals surface area contributed by atoms with E-state index < -0.39 is 5.97 Å². The molecule has 0 aliphatic heterocycles. The van der Waals surface area contributed by atoms with Gasteiger partial charge in [0.25, 0.3) is 0 Å². The fraction of sp³-hybridized carbons (Fsp3) is 0.857. The third-order valence-electron chi connectivity index (χ3n) is 5.15. The molecule has 0 aromatic heterocycles. The summed E-state index contributed by atoms with van der Waals surface area (Å²) in [7, 11) is 0. The summed E-state index contributed by atoms with van der Waals surface area (Å²) in [6.07, 6.45) is 6.62. The summed E-state index contributed by atoms with van der Waals surface area (Å²) in [6, 6.07) is 0. The monoisotopic (exact) mass is 251 g/mol. The number of aliphatic carboxylic acids is 1. The molecule has 100 valence electrons. The van der Waals surface area contributed by atoms with Crippen molar-refractivity contribution >= 4 is 11.9 Å². The van der Waals surface area contributed by atoms with Crippen LogP contribution in [0.4, 0.5) is 0 Å². The molecule has 4 saturated carbocycles. The molecule has 4 rings (SSSR count). The van der Waals surface area contributed by atoms with Crippen LogP contribution in [-0.2, 0) is 9.59 Å². The van der Waals surface area contributed by atoms with E-state index in [1.54, 1.807) is 6.92 Å². The van der Waals surface area contributed by atoms with Crippen molar-refractivity contribution in [2.24, 2.45) is 17.3 Å². The molecule has 4 aliphatic carbocycles. The molecule has 18 heavy (non-hydrogen) atoms. The summed E-state index contributed by atoms with van der Waals surface area (Å²) in [5.74, 6) is 0.590. The highest BCUT2D eigenvalue weighted by Gasteiger charge is 2.58. The normalized spacial score (nSPS) is 44.9. The van der Waals surface area contributed by atoms with Crippen LogP contribution in [0.25, 0.3) is 0 Å². The van der Waals surface area contributed by atoms with E-state index in [4.69, 9.17) is 5.11 Å². The molecule has 0 aromatic rings. The lowest BCUT2D eigenvalue weighted by Gasteiger charge is -2.62. The predicted octanol–water partition coefficient (Wildman–Crippen LogP) is 1.94. The summed E-state index contributed by atoms with van der Waals surface area (Å²) in [4.78, 5) is 22.6. The first-order valence-corrected chi connectivity index (χ1v) is 6.91. The average Bonchev–Trinajstić information content (AvgIpc) is 2.08. The van der Waals surface area contributed by atoms with Crippen molar-refractivity contribution in [2.75, 3.05) is 0 Å². The molecule has 0 spiro atoms. The van der Waals surface area contributed by atoms with E-state index in [0.29, 0.717) is 11.8 Å². The molecular formula is C14H21NO3. The first kappa shape index (κ1) is 12.0. The van der Waals surface area contributed by atoms with Crippen molar-refractivity contribution in [1.29, 1.82) is 0 Å². The molecule has 0 radical (unpaired) electrons. The molecule has 4 atom stereocenters. The SMILES string of the molecule is CC(=O)NC12C[C@@H]3C[C@@H](CC(CC(=O)O)(C3)C1)C2. The Morgan fingerprint density at radius 1 is 1.22 bits per heavy atom. The molecule has 2 unspecified atom stereocenters. The maximum Gasteiger partial charge on any atom is 0.303 e. The third-order valence-corrected chi connectivity index (χ3v) is 5.15. The van der Waals surface area contributed by atoms with E-state index >= 15 is 0 Å². The summed E-state index contributed by atoms with van der Waals surface area (Å²) >= 11 is 0. The quantitative estimate of drug-likeness (QED) is 0.805. The van der Waals surface area contributed by atoms with Gasteiger partial charge in [0.1, 0.15) is 0 Å². The Morgan fingerprint density at radius 2 is 1.83 bits per heavy atom. The van der Waals surface area contributed by atoms with Gasteiger partial charge in [-0.3, -0.25) is 9.59 Å². The van der Waals surface area contributed by atoms with Gasteiger partial charge in [0.05, 0.1) is 6.42 Å². The zero-order valence-corrected chi connectivity index (χ0v) is 10.9. The van der Waals surface area contributed by atoms with Crippen molar-refractivity contribution in [3.63, 3.8) is 0 Å². The molecule has 4 bridgehead atoms. The van der Waals surface area contributed by atoms with Gasteiger partial charge in [-0.05, 0) is 55.8 Å². The van der Waals surface area contributed by atoms with Crippen molar-refractivity contribution in [2.45, 2.75) is 57.4 Å². The van der Waals surface area contributed by atoms with Crippen LogP contribution < -0.4 is 5.32 Å². The Hall–Kier alpha value is -1.06. The minimum atomic E-state index is -0.685. The van der Waals surface area contributed by atoms with E-state index in [1.165, 1.54) is 6.42 Å². The summed E-state index contributed by atoms with van der Waals surface area (Å²) in [6.45, 7) is 1.57. The number of carbonyl (C=O) groups is 2. The highest BCUT2D eigenvalue weighted by atomic mass is 16.4. The zero-order valence-electron chi connectivity index (χ0n) is 10.9. The van der Waals surface area contributed by atoms with Gasteiger partial charge in [-0.25, -0.2) is 0 Å². The maximum absolute atomic E-state index is 11.4. The van der Waals surface area contributed by atoms with E-state index in [2.05, 4.69) is 5.32 Å². The summed E-state index contributed by atoms with van der Waals surface area (Å²) in [5, 5.41) is 12.3. The Balaban J connectivity index is 1.87. The molecule has 4 fully saturated rings. The molecule has 4 heteroatoms. The lowest BCUT2D eigenvalue weighted by molar-refractivity contribution is -0.148. The average molecular weight is 251 g/mol. The molecule has 1 amide bonds. The summed E-state index contributed by atoms with van der Waals surface area (Å²) in [5.41, 5.74) is -0.135. The number of hydrogen-bond acceptors (Lipinski definition) is 2. The fourth-order valence-corrected chi connectivity index (χ4v) is 5.50. The summed E-state index contributed by atoms with van der Waals surface area (Å²) < 4.78 is 0. The Kier molecular flexibility index (Phi) is 2.48. The van der Waals surface area contributed by atoms with Crippen molar-refractivity contribution in [1.82, 2.24) is 5.32 Å². The Bertz CT molecular complexity index is 356. The first-order chi connectivity index (χ1) is 8.40. The Morgan fingerprint density at radius 3 is 2.33 bits per heavy atom. The minimum Gasteiger partial charge on any atom is -0.481 e. The van der Waals surface area contributed by atoms with E-state index in [1.807, 2.05) is 0 Å². The van der Waals surface area contributed by atoms with Gasteiger partial charge in [0, 0.05) is 12.5 Å². The molecule has 0 saturated heterocycles. The van der Waals surface area contributed by atoms with Crippen LogP contribution in [0.3, 0.4) is 0 Å². The number of nitrogens with one attached hydrogen (secondary N) is 1. The maximum atomic E-state index is 11.4. The van der Waals surface area contributed by atoms with Crippen LogP contribution in [0.1, 0.15) is 51.9 Å². The van der Waals surface area contributed by atoms with Gasteiger partial charge in [-0.15, -0.1) is 0 Å². The number of amides is 1. The second-order valence-electron chi connectivity index (χ2n) is 6.99. The molecule has 4 aliphatic rings. The number of carboxylic acids is 1. The van der Waals surface area contributed by atoms with Crippen molar-refractivity contribution in [3.8, 4) is 0 Å². The van der Waals surface area contributed by atoms with Gasteiger partial charge >= 0.3 is 5.97 Å². The molecule has 2 N–H and O–H groups in total. The van der Waals surface area contributed by atoms with Gasteiger partial charge in [0.2, 0.25) is 5.91 Å². The fourth-order valence-electron chi connectivity index (χ4n) is 5.50. The first-order valence-electron chi connectivity index (χ1n) is 6.91. The highest BCUT2D eigenvalue weighted by Crippen LogP contribution is 2.62. The molecule has 0 heterocycles. The van der Waals surface area contributed by atoms with Crippen LogP contribution in [0, 0.1) is 17.3 Å². The topological polar surface area (TPSA) is 66.4 Å². The van der Waals surface area contributed by atoms with Crippen LogP contribution in [0.15, 0.2) is 0 Å². The van der Waals surface area contributed by atoms with Gasteiger partial charge < -0.3 is 10.4 Å². The Labute approximate surface area is 107 Å². The molecule has 4 nitrogen and oxygen atoms in total. The lowest BCUT2D eigenvalue weighted by atomic mass is 9.46. The van der Waals surface area contributed by atoms with Crippen molar-refractivity contribution < 1.29 is 14.7 Å². The second kappa shape index (κ2) is 3.72. The smallest absolute Gasteiger partial charge is 0.303 e. The van der Waals surface area contributed by atoms with Gasteiger partial charge in [0.15, 0.2) is 0 Å². The van der Waals surface area contributed by atoms with E-state index in [-0.39, 0.29) is 23.3 Å². The van der Waals surface area contributed by atoms with Gasteiger partial charge in [-0.2, -0.15) is 0 Å². The minimum absolute atomic E-state index is 0.0300. The highest BCUT2D eigenvalue weighted by molar-refractivity contribution is 5.74. The largest absolute Gasteiger partial charge is 0.481 e. The van der Waals surface area contributed by atoms with Crippen LogP contribution in [-0.4, -0.2) is 22.5 Å². The zero-order chi connectivity index (χ0) is 13.0. The predicted molar refractivity (Wildman–Crippen MR) is 65.9 cm³/mol. The van der Waals surface area contributed by atoms with Gasteiger partial charge in [-0.1, -0.05) is 0 Å². The van der Waals surface area contributed by atoms with E-state index in [0.717, 1.165) is 32.1 Å². The standard InChI is InChI=1S/C14H21NO3/c1-9(16)15-14-5-10-2-11(6-14)4-13(3-10,8-14)7-12(17)18/h10-11H,2-8H2,1H3,(H,15,16)(H,17,18)/t10-,11+,13?,14?.